The molecule has 6 heteroatoms. The van der Waals surface area contributed by atoms with Gasteiger partial charge in [0.15, 0.2) is 11.5 Å². The summed E-state index contributed by atoms with van der Waals surface area (Å²) in [5.41, 5.74) is 0.976. The van der Waals surface area contributed by atoms with Gasteiger partial charge in [-0.25, -0.2) is 4.39 Å². The lowest BCUT2D eigenvalue weighted by Gasteiger charge is -2.21. The summed E-state index contributed by atoms with van der Waals surface area (Å²) in [7, 11) is 0. The zero-order chi connectivity index (χ0) is 17.6. The van der Waals surface area contributed by atoms with Gasteiger partial charge in [0.2, 0.25) is 5.91 Å². The van der Waals surface area contributed by atoms with Crippen LogP contribution in [0, 0.1) is 5.82 Å². The van der Waals surface area contributed by atoms with Crippen LogP contribution in [0.3, 0.4) is 0 Å². The molecular formula is C19H20FNO3S. The first-order valence-electron chi connectivity index (χ1n) is 8.19. The molecule has 4 nitrogen and oxygen atoms in total. The molecule has 0 spiro atoms. The van der Waals surface area contributed by atoms with Gasteiger partial charge < -0.3 is 14.8 Å². The number of hydrogen-bond donors (Lipinski definition) is 1. The minimum Gasteiger partial charge on any atom is -0.486 e. The van der Waals surface area contributed by atoms with Gasteiger partial charge in [0.05, 0.1) is 6.04 Å². The molecule has 0 bridgehead atoms. The summed E-state index contributed by atoms with van der Waals surface area (Å²) >= 11 is 1.53. The van der Waals surface area contributed by atoms with Crippen molar-refractivity contribution >= 4 is 17.7 Å². The molecule has 1 atom stereocenters. The smallest absolute Gasteiger partial charge is 0.221 e. The normalized spacial score (nSPS) is 14.0. The Hall–Kier alpha value is -2.21. The van der Waals surface area contributed by atoms with Crippen molar-refractivity contribution in [2.75, 3.05) is 19.0 Å². The van der Waals surface area contributed by atoms with Crippen LogP contribution in [0.1, 0.15) is 24.9 Å². The lowest BCUT2D eigenvalue weighted by molar-refractivity contribution is -0.121. The summed E-state index contributed by atoms with van der Waals surface area (Å²) in [5, 5.41) is 2.99. The minimum absolute atomic E-state index is 0.0167. The topological polar surface area (TPSA) is 47.6 Å². The number of nitrogens with one attached hydrogen (secondary N) is 1. The molecule has 1 aliphatic heterocycles. The number of carbonyl (C=O) groups is 1. The third-order valence-electron chi connectivity index (χ3n) is 3.86. The predicted molar refractivity (Wildman–Crippen MR) is 95.7 cm³/mol. The van der Waals surface area contributed by atoms with E-state index in [0.717, 1.165) is 22.0 Å². The number of thioether (sulfide) groups is 1. The fourth-order valence-corrected chi connectivity index (χ4v) is 3.37. The van der Waals surface area contributed by atoms with Crippen molar-refractivity contribution in [3.05, 3.63) is 53.8 Å². The molecule has 3 rings (SSSR count). The summed E-state index contributed by atoms with van der Waals surface area (Å²) in [5.74, 6) is 1.83. The van der Waals surface area contributed by atoms with Gasteiger partial charge in [0, 0.05) is 17.1 Å². The Morgan fingerprint density at radius 1 is 1.16 bits per heavy atom. The molecule has 0 aliphatic carbocycles. The van der Waals surface area contributed by atoms with Gasteiger partial charge in [0.1, 0.15) is 19.0 Å². The standard InChI is InChI=1S/C19H20FNO3S/c1-13(14-2-7-17-18(12-14)24-10-9-23-17)21-19(22)8-11-25-16-5-3-15(20)4-6-16/h2-7,12-13H,8-11H2,1H3,(H,21,22). The molecule has 0 saturated heterocycles. The molecule has 2 aromatic rings. The van der Waals surface area contributed by atoms with E-state index in [2.05, 4.69) is 5.32 Å². The van der Waals surface area contributed by atoms with E-state index in [0.29, 0.717) is 25.4 Å². The molecule has 1 heterocycles. The molecular weight excluding hydrogens is 341 g/mol. The van der Waals surface area contributed by atoms with Gasteiger partial charge in [-0.3, -0.25) is 4.79 Å². The van der Waals surface area contributed by atoms with Crippen molar-refractivity contribution in [3.63, 3.8) is 0 Å². The first-order chi connectivity index (χ1) is 12.1. The van der Waals surface area contributed by atoms with E-state index in [9.17, 15) is 9.18 Å². The van der Waals surface area contributed by atoms with Crippen LogP contribution in [0.25, 0.3) is 0 Å². The van der Waals surface area contributed by atoms with Crippen molar-refractivity contribution < 1.29 is 18.7 Å². The molecule has 132 valence electrons. The molecule has 1 amide bonds. The van der Waals surface area contributed by atoms with Gasteiger partial charge in [-0.05, 0) is 48.9 Å². The highest BCUT2D eigenvalue weighted by atomic mass is 32.2. The molecule has 0 fully saturated rings. The van der Waals surface area contributed by atoms with E-state index in [1.165, 1.54) is 23.9 Å². The first kappa shape index (κ1) is 17.6. The Kier molecular flexibility index (Phi) is 5.81. The van der Waals surface area contributed by atoms with Crippen LogP contribution in [0.2, 0.25) is 0 Å². The highest BCUT2D eigenvalue weighted by Gasteiger charge is 2.15. The van der Waals surface area contributed by atoms with E-state index in [1.807, 2.05) is 25.1 Å². The van der Waals surface area contributed by atoms with Crippen LogP contribution in [0.4, 0.5) is 4.39 Å². The quantitative estimate of drug-likeness (QED) is 0.792. The highest BCUT2D eigenvalue weighted by molar-refractivity contribution is 7.99. The summed E-state index contributed by atoms with van der Waals surface area (Å²) in [6.07, 6.45) is 0.400. The second kappa shape index (κ2) is 8.25. The Labute approximate surface area is 150 Å². The van der Waals surface area contributed by atoms with Crippen LogP contribution < -0.4 is 14.8 Å². The second-order valence-electron chi connectivity index (χ2n) is 5.74. The summed E-state index contributed by atoms with van der Waals surface area (Å²) < 4.78 is 23.9. The van der Waals surface area contributed by atoms with Crippen LogP contribution in [0.5, 0.6) is 11.5 Å². The Bertz CT molecular complexity index is 736. The molecule has 1 aliphatic rings. The monoisotopic (exact) mass is 361 g/mol. The predicted octanol–water partition coefficient (Wildman–Crippen LogP) is 3.96. The third-order valence-corrected chi connectivity index (χ3v) is 4.87. The average Bonchev–Trinajstić information content (AvgIpc) is 2.63. The molecule has 25 heavy (non-hydrogen) atoms. The molecule has 0 aromatic heterocycles. The molecule has 1 unspecified atom stereocenters. The van der Waals surface area contributed by atoms with Crippen molar-refractivity contribution in [2.45, 2.75) is 24.3 Å². The van der Waals surface area contributed by atoms with Crippen LogP contribution in [-0.4, -0.2) is 24.9 Å². The second-order valence-corrected chi connectivity index (χ2v) is 6.91. The van der Waals surface area contributed by atoms with Crippen LogP contribution >= 0.6 is 11.8 Å². The fourth-order valence-electron chi connectivity index (χ4n) is 2.52. The maximum atomic E-state index is 12.9. The van der Waals surface area contributed by atoms with Crippen molar-refractivity contribution in [1.29, 1.82) is 0 Å². The van der Waals surface area contributed by atoms with Gasteiger partial charge in [-0.1, -0.05) is 6.07 Å². The zero-order valence-corrected chi connectivity index (χ0v) is 14.8. The first-order valence-corrected chi connectivity index (χ1v) is 9.17. The maximum Gasteiger partial charge on any atom is 0.221 e. The summed E-state index contributed by atoms with van der Waals surface area (Å²) in [6, 6.07) is 11.9. The number of carbonyl (C=O) groups excluding carboxylic acids is 1. The molecule has 0 saturated carbocycles. The van der Waals surface area contributed by atoms with E-state index in [-0.39, 0.29) is 17.8 Å². The summed E-state index contributed by atoms with van der Waals surface area (Å²) in [6.45, 7) is 3.04. The number of benzene rings is 2. The minimum atomic E-state index is -0.254. The van der Waals surface area contributed by atoms with E-state index < -0.39 is 0 Å². The van der Waals surface area contributed by atoms with Crippen molar-refractivity contribution in [2.24, 2.45) is 0 Å². The number of fused-ring (bicyclic) bond motifs is 1. The number of ether oxygens (including phenoxy) is 2. The fraction of sp³-hybridized carbons (Fsp3) is 0.316. The lowest BCUT2D eigenvalue weighted by Crippen LogP contribution is -2.27. The Morgan fingerprint density at radius 2 is 1.88 bits per heavy atom. The van der Waals surface area contributed by atoms with E-state index in [1.54, 1.807) is 12.1 Å². The molecule has 1 N–H and O–H groups in total. The molecule has 2 aromatic carbocycles. The van der Waals surface area contributed by atoms with Gasteiger partial charge in [-0.2, -0.15) is 0 Å². The number of amides is 1. The SMILES string of the molecule is CC(NC(=O)CCSc1ccc(F)cc1)c1ccc2c(c1)OCCO2. The van der Waals surface area contributed by atoms with Crippen molar-refractivity contribution in [3.8, 4) is 11.5 Å². The summed E-state index contributed by atoms with van der Waals surface area (Å²) in [4.78, 5) is 13.1. The Morgan fingerprint density at radius 3 is 2.64 bits per heavy atom. The van der Waals surface area contributed by atoms with E-state index in [4.69, 9.17) is 9.47 Å². The number of hydrogen-bond acceptors (Lipinski definition) is 4. The highest BCUT2D eigenvalue weighted by Crippen LogP contribution is 2.32. The lowest BCUT2D eigenvalue weighted by atomic mass is 10.1. The van der Waals surface area contributed by atoms with Gasteiger partial charge >= 0.3 is 0 Å². The third kappa shape index (κ3) is 4.89. The number of rotatable bonds is 6. The largest absolute Gasteiger partial charge is 0.486 e. The van der Waals surface area contributed by atoms with Gasteiger partial charge in [-0.15, -0.1) is 11.8 Å². The number of halogens is 1. The zero-order valence-electron chi connectivity index (χ0n) is 14.0. The molecule has 0 radical (unpaired) electrons. The van der Waals surface area contributed by atoms with Gasteiger partial charge in [0.25, 0.3) is 0 Å². The Balaban J connectivity index is 1.48. The van der Waals surface area contributed by atoms with Crippen LogP contribution in [-0.2, 0) is 4.79 Å². The average molecular weight is 361 g/mol. The van der Waals surface area contributed by atoms with Crippen LogP contribution in [0.15, 0.2) is 47.4 Å². The van der Waals surface area contributed by atoms with E-state index >= 15 is 0 Å². The van der Waals surface area contributed by atoms with Crippen molar-refractivity contribution in [1.82, 2.24) is 5.32 Å². The maximum absolute atomic E-state index is 12.9.